The van der Waals surface area contributed by atoms with E-state index in [9.17, 15) is 14.9 Å². The van der Waals surface area contributed by atoms with Crippen molar-refractivity contribution in [3.8, 4) is 0 Å². The maximum absolute atomic E-state index is 12.4. The Balaban J connectivity index is 2.25. The lowest BCUT2D eigenvalue weighted by Crippen LogP contribution is -2.29. The Labute approximate surface area is 122 Å². The number of carbonyl (C=O) groups excluding carboxylic acids is 1. The molecule has 1 unspecified atom stereocenters. The third-order valence-electron chi connectivity index (χ3n) is 3.55. The molecular weight excluding hydrogens is 272 g/mol. The van der Waals surface area contributed by atoms with Crippen molar-refractivity contribution in [2.45, 2.75) is 19.9 Å². The standard InChI is InChI=1S/C15H16N2O4/c1-10(12-5-4-6-13(9-12)17(19)20)16(3)15(18)14-7-8-21-11(14)2/h4-10H,1-3H3. The van der Waals surface area contributed by atoms with Crippen LogP contribution in [0.5, 0.6) is 0 Å². The predicted molar refractivity (Wildman–Crippen MR) is 77.0 cm³/mol. The Morgan fingerprint density at radius 2 is 2.10 bits per heavy atom. The fourth-order valence-electron chi connectivity index (χ4n) is 2.09. The molecule has 0 spiro atoms. The monoisotopic (exact) mass is 288 g/mol. The highest BCUT2D eigenvalue weighted by Crippen LogP contribution is 2.25. The normalized spacial score (nSPS) is 12.0. The summed E-state index contributed by atoms with van der Waals surface area (Å²) in [7, 11) is 1.66. The third kappa shape index (κ3) is 2.94. The number of amides is 1. The highest BCUT2D eigenvalue weighted by molar-refractivity contribution is 5.95. The molecule has 0 radical (unpaired) electrons. The average Bonchev–Trinajstić information content (AvgIpc) is 2.91. The first-order valence-electron chi connectivity index (χ1n) is 6.47. The van der Waals surface area contributed by atoms with Gasteiger partial charge >= 0.3 is 0 Å². The van der Waals surface area contributed by atoms with Crippen molar-refractivity contribution in [2.24, 2.45) is 0 Å². The van der Waals surface area contributed by atoms with Crippen molar-refractivity contribution in [1.82, 2.24) is 4.90 Å². The van der Waals surface area contributed by atoms with E-state index in [2.05, 4.69) is 0 Å². The van der Waals surface area contributed by atoms with E-state index in [-0.39, 0.29) is 17.6 Å². The van der Waals surface area contributed by atoms with Gasteiger partial charge in [-0.15, -0.1) is 0 Å². The van der Waals surface area contributed by atoms with Gasteiger partial charge in [-0.2, -0.15) is 0 Å². The summed E-state index contributed by atoms with van der Waals surface area (Å²) in [6.07, 6.45) is 1.47. The lowest BCUT2D eigenvalue weighted by Gasteiger charge is -2.25. The number of nitro benzene ring substituents is 1. The van der Waals surface area contributed by atoms with Gasteiger partial charge in [-0.25, -0.2) is 0 Å². The number of carbonyl (C=O) groups is 1. The van der Waals surface area contributed by atoms with Crippen LogP contribution in [-0.2, 0) is 0 Å². The van der Waals surface area contributed by atoms with Crippen LogP contribution >= 0.6 is 0 Å². The fourth-order valence-corrected chi connectivity index (χ4v) is 2.09. The van der Waals surface area contributed by atoms with E-state index in [0.29, 0.717) is 16.9 Å². The van der Waals surface area contributed by atoms with Gasteiger partial charge < -0.3 is 9.32 Å². The van der Waals surface area contributed by atoms with Gasteiger partial charge in [0.1, 0.15) is 5.76 Å². The summed E-state index contributed by atoms with van der Waals surface area (Å²) in [6.45, 7) is 3.55. The third-order valence-corrected chi connectivity index (χ3v) is 3.55. The van der Waals surface area contributed by atoms with Crippen molar-refractivity contribution < 1.29 is 14.1 Å². The van der Waals surface area contributed by atoms with Crippen molar-refractivity contribution in [1.29, 1.82) is 0 Å². The SMILES string of the molecule is Cc1occc1C(=O)N(C)C(C)c1cccc([N+](=O)[O-])c1. The van der Waals surface area contributed by atoms with Crippen molar-refractivity contribution in [3.05, 3.63) is 63.6 Å². The van der Waals surface area contributed by atoms with Crippen LogP contribution in [0.4, 0.5) is 5.69 Å². The Bertz CT molecular complexity index is 678. The second kappa shape index (κ2) is 5.78. The van der Waals surface area contributed by atoms with E-state index in [1.165, 1.54) is 23.3 Å². The molecule has 110 valence electrons. The van der Waals surface area contributed by atoms with E-state index in [0.717, 1.165) is 0 Å². The van der Waals surface area contributed by atoms with E-state index in [1.54, 1.807) is 32.2 Å². The molecule has 0 bridgehead atoms. The summed E-state index contributed by atoms with van der Waals surface area (Å²) in [5.41, 5.74) is 1.22. The molecule has 21 heavy (non-hydrogen) atoms. The Morgan fingerprint density at radius 3 is 2.67 bits per heavy atom. The number of nitrogens with zero attached hydrogens (tertiary/aromatic N) is 2. The maximum Gasteiger partial charge on any atom is 0.269 e. The molecule has 0 fully saturated rings. The number of aryl methyl sites for hydroxylation is 1. The zero-order valence-electron chi connectivity index (χ0n) is 12.1. The van der Waals surface area contributed by atoms with E-state index < -0.39 is 4.92 Å². The van der Waals surface area contributed by atoms with Gasteiger partial charge in [0.15, 0.2) is 0 Å². The minimum absolute atomic E-state index is 0.0136. The minimum Gasteiger partial charge on any atom is -0.469 e. The summed E-state index contributed by atoms with van der Waals surface area (Å²) in [4.78, 5) is 24.3. The second-order valence-electron chi connectivity index (χ2n) is 4.83. The molecule has 1 atom stereocenters. The highest BCUT2D eigenvalue weighted by Gasteiger charge is 2.22. The first kappa shape index (κ1) is 14.8. The molecule has 6 heteroatoms. The summed E-state index contributed by atoms with van der Waals surface area (Å²) < 4.78 is 5.14. The van der Waals surface area contributed by atoms with Crippen LogP contribution in [-0.4, -0.2) is 22.8 Å². The quantitative estimate of drug-likeness (QED) is 0.638. The van der Waals surface area contributed by atoms with Gasteiger partial charge in [-0.05, 0) is 25.5 Å². The lowest BCUT2D eigenvalue weighted by atomic mass is 10.1. The lowest BCUT2D eigenvalue weighted by molar-refractivity contribution is -0.384. The first-order chi connectivity index (χ1) is 9.91. The van der Waals surface area contributed by atoms with Gasteiger partial charge in [-0.3, -0.25) is 14.9 Å². The molecule has 0 aliphatic carbocycles. The van der Waals surface area contributed by atoms with E-state index in [1.807, 2.05) is 6.92 Å². The minimum atomic E-state index is -0.446. The highest BCUT2D eigenvalue weighted by atomic mass is 16.6. The van der Waals surface area contributed by atoms with Gasteiger partial charge in [0.2, 0.25) is 0 Å². The fraction of sp³-hybridized carbons (Fsp3) is 0.267. The number of furan rings is 1. The number of rotatable bonds is 4. The van der Waals surface area contributed by atoms with Crippen LogP contribution < -0.4 is 0 Å². The van der Waals surface area contributed by atoms with Gasteiger partial charge in [0.25, 0.3) is 11.6 Å². The van der Waals surface area contributed by atoms with E-state index in [4.69, 9.17) is 4.42 Å². The number of hydrogen-bond acceptors (Lipinski definition) is 4. The molecular formula is C15H16N2O4. The molecule has 2 aromatic rings. The largest absolute Gasteiger partial charge is 0.469 e. The number of benzene rings is 1. The van der Waals surface area contributed by atoms with Crippen molar-refractivity contribution in [2.75, 3.05) is 7.05 Å². The number of hydrogen-bond donors (Lipinski definition) is 0. The van der Waals surface area contributed by atoms with Gasteiger partial charge in [0, 0.05) is 19.2 Å². The molecule has 1 amide bonds. The summed E-state index contributed by atoms with van der Waals surface area (Å²) >= 11 is 0. The Hall–Kier alpha value is -2.63. The van der Waals surface area contributed by atoms with Crippen LogP contribution in [0.25, 0.3) is 0 Å². The van der Waals surface area contributed by atoms with Crippen LogP contribution in [0.15, 0.2) is 41.0 Å². The average molecular weight is 288 g/mol. The molecule has 6 nitrogen and oxygen atoms in total. The molecule has 0 saturated carbocycles. The number of nitro groups is 1. The van der Waals surface area contributed by atoms with Crippen LogP contribution in [0.2, 0.25) is 0 Å². The first-order valence-corrected chi connectivity index (χ1v) is 6.47. The molecule has 0 saturated heterocycles. The molecule has 2 rings (SSSR count). The predicted octanol–water partition coefficient (Wildman–Crippen LogP) is 3.33. The zero-order chi connectivity index (χ0) is 15.6. The molecule has 1 aromatic carbocycles. The Kier molecular flexibility index (Phi) is 4.07. The molecule has 1 heterocycles. The van der Waals surface area contributed by atoms with E-state index >= 15 is 0 Å². The molecule has 0 aliphatic rings. The summed E-state index contributed by atoms with van der Waals surface area (Å²) in [5, 5.41) is 10.8. The van der Waals surface area contributed by atoms with Crippen LogP contribution in [0, 0.1) is 17.0 Å². The summed E-state index contributed by atoms with van der Waals surface area (Å²) in [6, 6.07) is 7.63. The molecule has 0 N–H and O–H groups in total. The molecule has 0 aliphatic heterocycles. The zero-order valence-corrected chi connectivity index (χ0v) is 12.1. The van der Waals surface area contributed by atoms with Crippen LogP contribution in [0.3, 0.4) is 0 Å². The second-order valence-corrected chi connectivity index (χ2v) is 4.83. The number of non-ortho nitro benzene ring substituents is 1. The maximum atomic E-state index is 12.4. The van der Waals surface area contributed by atoms with Crippen LogP contribution in [0.1, 0.15) is 34.6 Å². The topological polar surface area (TPSA) is 76.6 Å². The van der Waals surface area contributed by atoms with Crippen molar-refractivity contribution >= 4 is 11.6 Å². The summed E-state index contributed by atoms with van der Waals surface area (Å²) in [5.74, 6) is 0.373. The Morgan fingerprint density at radius 1 is 1.38 bits per heavy atom. The van der Waals surface area contributed by atoms with Crippen molar-refractivity contribution in [3.63, 3.8) is 0 Å². The van der Waals surface area contributed by atoms with Gasteiger partial charge in [0.05, 0.1) is 22.8 Å². The smallest absolute Gasteiger partial charge is 0.269 e. The molecule has 1 aromatic heterocycles. The van der Waals surface area contributed by atoms with Gasteiger partial charge in [-0.1, -0.05) is 12.1 Å².